The van der Waals surface area contributed by atoms with Gasteiger partial charge in [-0.25, -0.2) is 0 Å². The molecule has 5 nitrogen and oxygen atoms in total. The Labute approximate surface area is 160 Å². The highest BCUT2D eigenvalue weighted by molar-refractivity contribution is 7.07. The summed E-state index contributed by atoms with van der Waals surface area (Å²) in [5, 5.41) is 21.1. The SMILES string of the molecule is CCNC(=NCC(O)c1ccc(OC(C)C)cc1)NCCc1ccsc1. The molecule has 0 saturated heterocycles. The molecule has 2 aromatic rings. The van der Waals surface area contributed by atoms with E-state index in [0.717, 1.165) is 36.8 Å². The zero-order valence-corrected chi connectivity index (χ0v) is 16.6. The lowest BCUT2D eigenvalue weighted by molar-refractivity contribution is 0.186. The van der Waals surface area contributed by atoms with Gasteiger partial charge in [0.1, 0.15) is 5.75 Å². The Morgan fingerprint density at radius 3 is 2.58 bits per heavy atom. The highest BCUT2D eigenvalue weighted by atomic mass is 32.1. The third kappa shape index (κ3) is 7.06. The van der Waals surface area contributed by atoms with Gasteiger partial charge in [-0.2, -0.15) is 11.3 Å². The monoisotopic (exact) mass is 375 g/mol. The molecule has 2 rings (SSSR count). The van der Waals surface area contributed by atoms with Crippen LogP contribution in [0.25, 0.3) is 0 Å². The molecule has 0 bridgehead atoms. The van der Waals surface area contributed by atoms with Crippen molar-refractivity contribution >= 4 is 17.3 Å². The zero-order chi connectivity index (χ0) is 18.8. The predicted molar refractivity (Wildman–Crippen MR) is 109 cm³/mol. The van der Waals surface area contributed by atoms with Crippen LogP contribution in [-0.4, -0.2) is 36.8 Å². The van der Waals surface area contributed by atoms with E-state index in [0.29, 0.717) is 6.54 Å². The summed E-state index contributed by atoms with van der Waals surface area (Å²) >= 11 is 1.71. The highest BCUT2D eigenvalue weighted by Gasteiger charge is 2.08. The molecule has 0 spiro atoms. The normalized spacial score (nSPS) is 12.9. The Hall–Kier alpha value is -2.05. The van der Waals surface area contributed by atoms with Gasteiger partial charge in [0.05, 0.1) is 18.8 Å². The number of aliphatic hydroxyl groups is 1. The molecule has 6 heteroatoms. The molecule has 1 heterocycles. The van der Waals surface area contributed by atoms with Crippen LogP contribution in [0.2, 0.25) is 0 Å². The summed E-state index contributed by atoms with van der Waals surface area (Å²) in [7, 11) is 0. The molecule has 1 aromatic heterocycles. The van der Waals surface area contributed by atoms with E-state index >= 15 is 0 Å². The molecule has 1 atom stereocenters. The van der Waals surface area contributed by atoms with E-state index < -0.39 is 6.10 Å². The van der Waals surface area contributed by atoms with Gasteiger partial charge in [0.25, 0.3) is 0 Å². The van der Waals surface area contributed by atoms with Crippen LogP contribution < -0.4 is 15.4 Å². The van der Waals surface area contributed by atoms with E-state index in [4.69, 9.17) is 4.74 Å². The number of guanidine groups is 1. The first kappa shape index (κ1) is 20.3. The number of thiophene rings is 1. The smallest absolute Gasteiger partial charge is 0.191 e. The molecule has 3 N–H and O–H groups in total. The van der Waals surface area contributed by atoms with E-state index in [9.17, 15) is 5.11 Å². The first-order valence-corrected chi connectivity index (χ1v) is 10.0. The van der Waals surface area contributed by atoms with Crippen LogP contribution in [0.15, 0.2) is 46.1 Å². The summed E-state index contributed by atoms with van der Waals surface area (Å²) in [6.07, 6.45) is 0.446. The second kappa shape index (κ2) is 10.8. The van der Waals surface area contributed by atoms with E-state index in [1.807, 2.05) is 45.0 Å². The van der Waals surface area contributed by atoms with E-state index in [2.05, 4.69) is 32.5 Å². The van der Waals surface area contributed by atoms with Crippen molar-refractivity contribution in [2.24, 2.45) is 4.99 Å². The number of nitrogens with one attached hydrogen (secondary N) is 2. The minimum atomic E-state index is -0.643. The summed E-state index contributed by atoms with van der Waals surface area (Å²) in [5.41, 5.74) is 2.15. The van der Waals surface area contributed by atoms with Crippen molar-refractivity contribution in [3.05, 3.63) is 52.2 Å². The van der Waals surface area contributed by atoms with Gasteiger partial charge in [-0.05, 0) is 67.3 Å². The Bertz CT molecular complexity index is 654. The largest absolute Gasteiger partial charge is 0.491 e. The van der Waals surface area contributed by atoms with Crippen molar-refractivity contribution in [1.82, 2.24) is 10.6 Å². The van der Waals surface area contributed by atoms with Crippen LogP contribution >= 0.6 is 11.3 Å². The summed E-state index contributed by atoms with van der Waals surface area (Å²) < 4.78 is 5.63. The average molecular weight is 376 g/mol. The lowest BCUT2D eigenvalue weighted by atomic mass is 10.1. The van der Waals surface area contributed by atoms with E-state index in [1.54, 1.807) is 11.3 Å². The van der Waals surface area contributed by atoms with Gasteiger partial charge in [-0.3, -0.25) is 4.99 Å². The Morgan fingerprint density at radius 1 is 1.19 bits per heavy atom. The first-order valence-electron chi connectivity index (χ1n) is 9.06. The summed E-state index contributed by atoms with van der Waals surface area (Å²) in [5.74, 6) is 1.53. The molecule has 26 heavy (non-hydrogen) atoms. The van der Waals surface area contributed by atoms with Gasteiger partial charge in [-0.1, -0.05) is 12.1 Å². The maximum absolute atomic E-state index is 10.4. The van der Waals surface area contributed by atoms with Crippen LogP contribution in [0.1, 0.15) is 38.0 Å². The molecular formula is C20H29N3O2S. The molecular weight excluding hydrogens is 346 g/mol. The average Bonchev–Trinajstić information content (AvgIpc) is 3.13. The summed E-state index contributed by atoms with van der Waals surface area (Å²) in [4.78, 5) is 4.50. The minimum absolute atomic E-state index is 0.137. The molecule has 0 amide bonds. The molecule has 0 aliphatic rings. The molecule has 0 saturated carbocycles. The predicted octanol–water partition coefficient (Wildman–Crippen LogP) is 3.37. The molecule has 1 unspecified atom stereocenters. The third-order valence-corrected chi connectivity index (χ3v) is 4.42. The van der Waals surface area contributed by atoms with Crippen molar-refractivity contribution in [2.75, 3.05) is 19.6 Å². The summed E-state index contributed by atoms with van der Waals surface area (Å²) in [6, 6.07) is 9.66. The van der Waals surface area contributed by atoms with Crippen LogP contribution in [0.4, 0.5) is 0 Å². The molecule has 0 aliphatic carbocycles. The number of aliphatic hydroxyl groups excluding tert-OH is 1. The van der Waals surface area contributed by atoms with Crippen molar-refractivity contribution in [2.45, 2.75) is 39.4 Å². The number of benzene rings is 1. The standard InChI is InChI=1S/C20H29N3O2S/c1-4-21-20(22-11-9-16-10-12-26-14-16)23-13-19(24)17-5-7-18(8-6-17)25-15(2)3/h5-8,10,12,14-15,19,24H,4,9,11,13H2,1-3H3,(H2,21,22,23). The Morgan fingerprint density at radius 2 is 1.96 bits per heavy atom. The van der Waals surface area contributed by atoms with Gasteiger partial charge < -0.3 is 20.5 Å². The Kier molecular flexibility index (Phi) is 8.44. The fourth-order valence-electron chi connectivity index (χ4n) is 2.43. The maximum atomic E-state index is 10.4. The molecule has 142 valence electrons. The van der Waals surface area contributed by atoms with E-state index in [-0.39, 0.29) is 6.10 Å². The van der Waals surface area contributed by atoms with Crippen LogP contribution in [-0.2, 0) is 6.42 Å². The van der Waals surface area contributed by atoms with E-state index in [1.165, 1.54) is 5.56 Å². The maximum Gasteiger partial charge on any atom is 0.191 e. The molecule has 1 aromatic carbocycles. The quantitative estimate of drug-likeness (QED) is 0.464. The number of rotatable bonds is 9. The van der Waals surface area contributed by atoms with Gasteiger partial charge >= 0.3 is 0 Å². The van der Waals surface area contributed by atoms with Gasteiger partial charge in [0.15, 0.2) is 5.96 Å². The fourth-order valence-corrected chi connectivity index (χ4v) is 3.13. The number of hydrogen-bond donors (Lipinski definition) is 3. The van der Waals surface area contributed by atoms with Gasteiger partial charge in [0.2, 0.25) is 0 Å². The number of aliphatic imine (C=N–C) groups is 1. The topological polar surface area (TPSA) is 65.9 Å². The second-order valence-electron chi connectivity index (χ2n) is 6.28. The van der Waals surface area contributed by atoms with Crippen molar-refractivity contribution in [3.8, 4) is 5.75 Å². The van der Waals surface area contributed by atoms with Crippen molar-refractivity contribution in [1.29, 1.82) is 0 Å². The van der Waals surface area contributed by atoms with Gasteiger partial charge in [-0.15, -0.1) is 0 Å². The van der Waals surface area contributed by atoms with Gasteiger partial charge in [0, 0.05) is 13.1 Å². The number of nitrogens with zero attached hydrogens (tertiary/aromatic N) is 1. The number of ether oxygens (including phenoxy) is 1. The zero-order valence-electron chi connectivity index (χ0n) is 15.7. The lowest BCUT2D eigenvalue weighted by Gasteiger charge is -2.14. The first-order chi connectivity index (χ1) is 12.6. The van der Waals surface area contributed by atoms with Crippen molar-refractivity contribution < 1.29 is 9.84 Å². The molecule has 0 fully saturated rings. The number of hydrogen-bond acceptors (Lipinski definition) is 4. The lowest BCUT2D eigenvalue weighted by Crippen LogP contribution is -2.38. The highest BCUT2D eigenvalue weighted by Crippen LogP contribution is 2.19. The summed E-state index contributed by atoms with van der Waals surface area (Å²) in [6.45, 7) is 7.90. The molecule has 0 radical (unpaired) electrons. The minimum Gasteiger partial charge on any atom is -0.491 e. The molecule has 0 aliphatic heterocycles. The van der Waals surface area contributed by atoms with Crippen LogP contribution in [0, 0.1) is 0 Å². The van der Waals surface area contributed by atoms with Crippen LogP contribution in [0.3, 0.4) is 0 Å². The Balaban J connectivity index is 1.86. The second-order valence-corrected chi connectivity index (χ2v) is 7.06. The third-order valence-electron chi connectivity index (χ3n) is 3.69. The van der Waals surface area contributed by atoms with Crippen LogP contribution in [0.5, 0.6) is 5.75 Å². The fraction of sp³-hybridized carbons (Fsp3) is 0.450. The van der Waals surface area contributed by atoms with Crippen molar-refractivity contribution in [3.63, 3.8) is 0 Å².